The van der Waals surface area contributed by atoms with Crippen LogP contribution in [0.5, 0.6) is 11.5 Å². The van der Waals surface area contributed by atoms with E-state index in [0.717, 1.165) is 5.57 Å². The van der Waals surface area contributed by atoms with E-state index in [-0.39, 0.29) is 17.2 Å². The topological polar surface area (TPSA) is 59.1 Å². The van der Waals surface area contributed by atoms with Crippen LogP contribution in [0, 0.1) is 0 Å². The van der Waals surface area contributed by atoms with Crippen molar-refractivity contribution >= 4 is 35.2 Å². The van der Waals surface area contributed by atoms with Crippen LogP contribution in [0.1, 0.15) is 12.5 Å². The second-order valence-electron chi connectivity index (χ2n) is 5.66. The average molecular weight is 360 g/mol. The van der Waals surface area contributed by atoms with Gasteiger partial charge in [0.15, 0.2) is 5.11 Å². The Morgan fingerprint density at radius 3 is 2.48 bits per heavy atom. The van der Waals surface area contributed by atoms with Crippen LogP contribution >= 0.6 is 12.2 Å². The molecule has 0 unspecified atom stereocenters. The molecular weight excluding hydrogens is 340 g/mol. The third-order valence-corrected chi connectivity index (χ3v) is 4.19. The van der Waals surface area contributed by atoms with Gasteiger partial charge in [-0.1, -0.05) is 12.2 Å². The van der Waals surface area contributed by atoms with Gasteiger partial charge in [0.25, 0.3) is 11.8 Å². The fraction of sp³-hybridized carbons (Fsp3) is 0.278. The first-order chi connectivity index (χ1) is 11.8. The Bertz CT molecular complexity index is 785. The summed E-state index contributed by atoms with van der Waals surface area (Å²) in [5, 5.41) is 0.164. The number of amides is 2. The quantitative estimate of drug-likeness (QED) is 0.349. The Morgan fingerprint density at radius 2 is 1.92 bits per heavy atom. The molecule has 0 bridgehead atoms. The Morgan fingerprint density at radius 1 is 1.24 bits per heavy atom. The third kappa shape index (κ3) is 3.71. The molecule has 2 rings (SSSR count). The maximum atomic E-state index is 12.8. The number of ether oxygens (including phenoxy) is 2. The maximum absolute atomic E-state index is 12.8. The molecule has 7 heteroatoms. The van der Waals surface area contributed by atoms with E-state index in [0.29, 0.717) is 17.1 Å². The molecule has 0 saturated carbocycles. The molecule has 0 aliphatic carbocycles. The number of benzene rings is 1. The lowest BCUT2D eigenvalue weighted by Crippen LogP contribution is -2.54. The molecule has 1 fully saturated rings. The lowest BCUT2D eigenvalue weighted by molar-refractivity contribution is -0.132. The molecule has 1 aromatic carbocycles. The zero-order valence-electron chi connectivity index (χ0n) is 14.7. The van der Waals surface area contributed by atoms with Gasteiger partial charge >= 0.3 is 0 Å². The number of carbonyl (C=O) groups excluding carboxylic acids is 2. The van der Waals surface area contributed by atoms with Gasteiger partial charge in [0.1, 0.15) is 17.1 Å². The second kappa shape index (κ2) is 7.48. The lowest BCUT2D eigenvalue weighted by atomic mass is 10.1. The zero-order chi connectivity index (χ0) is 18.7. The predicted octanol–water partition coefficient (Wildman–Crippen LogP) is 2.25. The van der Waals surface area contributed by atoms with Gasteiger partial charge in [0.2, 0.25) is 0 Å². The van der Waals surface area contributed by atoms with Crippen molar-refractivity contribution in [3.05, 3.63) is 41.5 Å². The molecule has 1 aromatic rings. The van der Waals surface area contributed by atoms with Crippen molar-refractivity contribution in [3.8, 4) is 11.5 Å². The van der Waals surface area contributed by atoms with Crippen LogP contribution in [0.15, 0.2) is 35.9 Å². The summed E-state index contributed by atoms with van der Waals surface area (Å²) >= 11 is 5.22. The minimum absolute atomic E-state index is 0.0146. The number of likely N-dealkylation sites (N-methyl/N-ethyl adjacent to an activating group) is 1. The molecule has 1 aliphatic rings. The number of hydrogen-bond acceptors (Lipinski definition) is 5. The normalized spacial score (nSPS) is 16.5. The van der Waals surface area contributed by atoms with Crippen molar-refractivity contribution in [1.82, 2.24) is 9.80 Å². The number of carbonyl (C=O) groups is 2. The zero-order valence-corrected chi connectivity index (χ0v) is 15.5. The summed E-state index contributed by atoms with van der Waals surface area (Å²) in [7, 11) is 4.60. The molecule has 0 radical (unpaired) electrons. The summed E-state index contributed by atoms with van der Waals surface area (Å²) < 4.78 is 10.5. The fourth-order valence-electron chi connectivity index (χ4n) is 2.40. The van der Waals surface area contributed by atoms with E-state index >= 15 is 0 Å². The van der Waals surface area contributed by atoms with Gasteiger partial charge in [-0.2, -0.15) is 0 Å². The number of hydrogen-bond donors (Lipinski definition) is 0. The maximum Gasteiger partial charge on any atom is 0.265 e. The highest BCUT2D eigenvalue weighted by Gasteiger charge is 2.37. The molecule has 6 nitrogen and oxygen atoms in total. The van der Waals surface area contributed by atoms with E-state index in [1.807, 2.05) is 0 Å². The van der Waals surface area contributed by atoms with E-state index in [1.165, 1.54) is 23.0 Å². The summed E-state index contributed by atoms with van der Waals surface area (Å²) in [4.78, 5) is 28.0. The highest BCUT2D eigenvalue weighted by atomic mass is 32.1. The minimum Gasteiger partial charge on any atom is -0.497 e. The molecule has 0 N–H and O–H groups in total. The van der Waals surface area contributed by atoms with Crippen LogP contribution in [0.3, 0.4) is 0 Å². The summed E-state index contributed by atoms with van der Waals surface area (Å²) in [5.41, 5.74) is 1.37. The second-order valence-corrected chi connectivity index (χ2v) is 6.03. The Labute approximate surface area is 152 Å². The molecule has 1 heterocycles. The van der Waals surface area contributed by atoms with E-state index in [4.69, 9.17) is 21.7 Å². The van der Waals surface area contributed by atoms with Gasteiger partial charge in [-0.25, -0.2) is 0 Å². The minimum atomic E-state index is -0.453. The van der Waals surface area contributed by atoms with Crippen molar-refractivity contribution in [2.24, 2.45) is 0 Å². The van der Waals surface area contributed by atoms with Gasteiger partial charge in [0, 0.05) is 25.2 Å². The van der Waals surface area contributed by atoms with Crippen molar-refractivity contribution < 1.29 is 19.1 Å². The Hall–Kier alpha value is -2.67. The van der Waals surface area contributed by atoms with Gasteiger partial charge in [0.05, 0.1) is 14.2 Å². The summed E-state index contributed by atoms with van der Waals surface area (Å²) in [6, 6.07) is 5.14. The van der Waals surface area contributed by atoms with Crippen LogP contribution in [0.2, 0.25) is 0 Å². The largest absolute Gasteiger partial charge is 0.497 e. The molecule has 2 amide bonds. The van der Waals surface area contributed by atoms with E-state index in [1.54, 1.807) is 39.3 Å². The molecule has 0 atom stereocenters. The van der Waals surface area contributed by atoms with Crippen LogP contribution in [-0.4, -0.2) is 54.5 Å². The number of nitrogens with zero attached hydrogens (tertiary/aromatic N) is 2. The molecule has 0 aromatic heterocycles. The van der Waals surface area contributed by atoms with E-state index < -0.39 is 11.8 Å². The molecule has 1 saturated heterocycles. The lowest BCUT2D eigenvalue weighted by Gasteiger charge is -2.34. The Balaban J connectivity index is 2.50. The first-order valence-electron chi connectivity index (χ1n) is 7.52. The van der Waals surface area contributed by atoms with Crippen molar-refractivity contribution in [3.63, 3.8) is 0 Å². The third-order valence-electron chi connectivity index (χ3n) is 3.70. The number of thiocarbonyl (C=S) groups is 1. The predicted molar refractivity (Wildman–Crippen MR) is 99.4 cm³/mol. The fourth-order valence-corrected chi connectivity index (χ4v) is 2.63. The molecule has 132 valence electrons. The first-order valence-corrected chi connectivity index (χ1v) is 7.93. The van der Waals surface area contributed by atoms with Crippen molar-refractivity contribution in [2.45, 2.75) is 6.92 Å². The highest BCUT2D eigenvalue weighted by Crippen LogP contribution is 2.28. The van der Waals surface area contributed by atoms with Gasteiger partial charge in [-0.05, 0) is 37.4 Å². The van der Waals surface area contributed by atoms with Gasteiger partial charge in [-0.3, -0.25) is 19.4 Å². The monoisotopic (exact) mass is 360 g/mol. The molecule has 25 heavy (non-hydrogen) atoms. The van der Waals surface area contributed by atoms with E-state index in [9.17, 15) is 9.59 Å². The highest BCUT2D eigenvalue weighted by molar-refractivity contribution is 7.80. The SMILES string of the molecule is C=C(C)CN1C(=O)/C(=C\c2ccc(OC)cc2OC)C(=O)N(C)C1=S. The smallest absolute Gasteiger partial charge is 0.265 e. The summed E-state index contributed by atoms with van der Waals surface area (Å²) in [6.07, 6.45) is 1.51. The molecule has 1 aliphatic heterocycles. The summed E-state index contributed by atoms with van der Waals surface area (Å²) in [6.45, 7) is 5.86. The standard InChI is InChI=1S/C18H20N2O4S/c1-11(2)10-20-17(22)14(16(21)19(3)18(20)25)8-12-6-7-13(23-4)9-15(12)24-5/h6-9H,1,10H2,2-5H3/b14-8-. The average Bonchev–Trinajstić information content (AvgIpc) is 2.60. The van der Waals surface area contributed by atoms with Gasteiger partial charge < -0.3 is 9.47 Å². The molecule has 0 spiro atoms. The van der Waals surface area contributed by atoms with E-state index in [2.05, 4.69) is 6.58 Å². The number of rotatable bonds is 5. The van der Waals surface area contributed by atoms with Crippen LogP contribution in [0.25, 0.3) is 6.08 Å². The molecular formula is C18H20N2O4S. The number of methoxy groups -OCH3 is 2. The Kier molecular flexibility index (Phi) is 5.58. The van der Waals surface area contributed by atoms with Gasteiger partial charge in [-0.15, -0.1) is 0 Å². The van der Waals surface area contributed by atoms with Crippen LogP contribution in [-0.2, 0) is 9.59 Å². The first kappa shape index (κ1) is 18.7. The van der Waals surface area contributed by atoms with Crippen LogP contribution in [0.4, 0.5) is 0 Å². The van der Waals surface area contributed by atoms with Crippen molar-refractivity contribution in [2.75, 3.05) is 27.8 Å². The van der Waals surface area contributed by atoms with Crippen LogP contribution < -0.4 is 9.47 Å². The van der Waals surface area contributed by atoms with Crippen molar-refractivity contribution in [1.29, 1.82) is 0 Å². The summed E-state index contributed by atoms with van der Waals surface area (Å²) in [5.74, 6) is 0.206.